The number of para-hydroxylation sites is 1. The fraction of sp³-hybridized carbons (Fsp3) is 0.148. The number of H-pyrrole nitrogens is 1. The lowest BCUT2D eigenvalue weighted by atomic mass is 10.0. The van der Waals surface area contributed by atoms with Crippen molar-refractivity contribution in [2.75, 3.05) is 5.32 Å². The molecule has 0 bridgehead atoms. The molecule has 4 rings (SSSR count). The van der Waals surface area contributed by atoms with E-state index in [1.807, 2.05) is 48.5 Å². The van der Waals surface area contributed by atoms with E-state index in [-0.39, 0.29) is 12.0 Å². The molecule has 0 saturated carbocycles. The van der Waals surface area contributed by atoms with Crippen molar-refractivity contribution in [3.8, 4) is 22.6 Å². The Balaban J connectivity index is 1.42. The molecule has 2 aromatic carbocycles. The van der Waals surface area contributed by atoms with Crippen LogP contribution in [0.5, 0.6) is 0 Å². The second-order valence-electron chi connectivity index (χ2n) is 7.90. The lowest BCUT2D eigenvalue weighted by Crippen LogP contribution is -2.31. The fourth-order valence-electron chi connectivity index (χ4n) is 3.58. The normalized spacial score (nSPS) is 11.5. The third-order valence-electron chi connectivity index (χ3n) is 5.40. The maximum Gasteiger partial charge on any atom is 0.311 e. The Morgan fingerprint density at radius 3 is 2.43 bits per heavy atom. The van der Waals surface area contributed by atoms with Crippen molar-refractivity contribution in [1.29, 1.82) is 0 Å². The average molecular weight is 469 g/mol. The first-order valence-electron chi connectivity index (χ1n) is 11.1. The van der Waals surface area contributed by atoms with Crippen LogP contribution in [0.15, 0.2) is 83.8 Å². The molecule has 0 aliphatic carbocycles. The first-order chi connectivity index (χ1) is 16.9. The number of aromatic nitrogens is 3. The zero-order chi connectivity index (χ0) is 24.8. The Labute approximate surface area is 202 Å². The number of aromatic amines is 1. The highest BCUT2D eigenvalue weighted by Gasteiger charge is 2.21. The van der Waals surface area contributed by atoms with Gasteiger partial charge in [-0.05, 0) is 37.6 Å². The minimum Gasteiger partial charge on any atom is -0.452 e. The van der Waals surface area contributed by atoms with E-state index in [2.05, 4.69) is 20.3 Å². The number of hydrogen-bond acceptors (Lipinski definition) is 6. The van der Waals surface area contributed by atoms with Gasteiger partial charge in [0.05, 0.1) is 6.42 Å². The molecule has 176 valence electrons. The quantitative estimate of drug-likeness (QED) is 0.398. The molecule has 1 amide bonds. The summed E-state index contributed by atoms with van der Waals surface area (Å²) in [7, 11) is 0. The van der Waals surface area contributed by atoms with Gasteiger partial charge in [-0.25, -0.2) is 4.98 Å². The van der Waals surface area contributed by atoms with Crippen molar-refractivity contribution in [1.82, 2.24) is 15.0 Å². The molecule has 35 heavy (non-hydrogen) atoms. The Morgan fingerprint density at radius 2 is 1.71 bits per heavy atom. The molecule has 0 radical (unpaired) electrons. The fourth-order valence-corrected chi connectivity index (χ4v) is 3.58. The third-order valence-corrected chi connectivity index (χ3v) is 5.40. The average Bonchev–Trinajstić information content (AvgIpc) is 2.87. The molecule has 1 atom stereocenters. The van der Waals surface area contributed by atoms with Crippen molar-refractivity contribution in [3.63, 3.8) is 0 Å². The van der Waals surface area contributed by atoms with Crippen LogP contribution in [0.1, 0.15) is 18.2 Å². The number of rotatable bonds is 7. The molecular weight excluding hydrogens is 444 g/mol. The van der Waals surface area contributed by atoms with E-state index in [1.165, 1.54) is 6.92 Å². The van der Waals surface area contributed by atoms with Crippen LogP contribution >= 0.6 is 0 Å². The topological polar surface area (TPSA) is 114 Å². The summed E-state index contributed by atoms with van der Waals surface area (Å²) in [6.45, 7) is 3.12. The maximum atomic E-state index is 12.7. The van der Waals surface area contributed by atoms with Gasteiger partial charge in [-0.1, -0.05) is 54.6 Å². The molecule has 0 aliphatic rings. The molecular formula is C27H24N4O4. The Morgan fingerprint density at radius 1 is 1.00 bits per heavy atom. The van der Waals surface area contributed by atoms with Crippen LogP contribution in [-0.2, 0) is 20.7 Å². The number of hydrogen-bond donors (Lipinski definition) is 2. The van der Waals surface area contributed by atoms with Crippen LogP contribution in [-0.4, -0.2) is 32.9 Å². The molecule has 2 aromatic heterocycles. The third kappa shape index (κ3) is 5.67. The number of nitrogens with zero attached hydrogens (tertiary/aromatic N) is 2. The lowest BCUT2D eigenvalue weighted by molar-refractivity contribution is -0.152. The van der Waals surface area contributed by atoms with Crippen LogP contribution in [0.3, 0.4) is 0 Å². The number of carbonyl (C=O) groups is 2. The molecule has 0 fully saturated rings. The summed E-state index contributed by atoms with van der Waals surface area (Å²) in [6, 6.07) is 22.3. The second-order valence-corrected chi connectivity index (χ2v) is 7.90. The van der Waals surface area contributed by atoms with Gasteiger partial charge in [0.25, 0.3) is 11.5 Å². The summed E-state index contributed by atoms with van der Waals surface area (Å²) in [4.78, 5) is 49.1. The first kappa shape index (κ1) is 23.6. The zero-order valence-electron chi connectivity index (χ0n) is 19.3. The molecule has 4 aromatic rings. The van der Waals surface area contributed by atoms with Gasteiger partial charge in [0.1, 0.15) is 5.69 Å². The van der Waals surface area contributed by atoms with Crippen LogP contribution in [0.25, 0.3) is 22.6 Å². The molecule has 8 heteroatoms. The molecule has 8 nitrogen and oxygen atoms in total. The van der Waals surface area contributed by atoms with E-state index in [1.54, 1.807) is 37.4 Å². The minimum atomic E-state index is -1.06. The number of benzene rings is 2. The summed E-state index contributed by atoms with van der Waals surface area (Å²) >= 11 is 0. The molecule has 0 unspecified atom stereocenters. The lowest BCUT2D eigenvalue weighted by Gasteiger charge is -2.16. The maximum absolute atomic E-state index is 12.7. The monoisotopic (exact) mass is 468 g/mol. The second kappa shape index (κ2) is 10.6. The van der Waals surface area contributed by atoms with Crippen LogP contribution in [0, 0.1) is 6.92 Å². The molecule has 0 aliphatic heterocycles. The Bertz CT molecular complexity index is 1400. The van der Waals surface area contributed by atoms with Gasteiger partial charge >= 0.3 is 5.97 Å². The van der Waals surface area contributed by atoms with Crippen LogP contribution < -0.4 is 10.9 Å². The SMILES string of the molecule is Cc1nc(-c2ccccn2)[nH]c(=O)c1CC(=O)O[C@@H](C)C(=O)Nc1ccccc1-c1ccccc1. The number of anilines is 1. The largest absolute Gasteiger partial charge is 0.452 e. The summed E-state index contributed by atoms with van der Waals surface area (Å²) in [5.74, 6) is -0.865. The number of carbonyl (C=O) groups excluding carboxylic acids is 2. The van der Waals surface area contributed by atoms with Gasteiger partial charge in [0.2, 0.25) is 0 Å². The van der Waals surface area contributed by atoms with E-state index in [9.17, 15) is 14.4 Å². The number of esters is 1. The first-order valence-corrected chi connectivity index (χ1v) is 11.1. The van der Waals surface area contributed by atoms with Crippen molar-refractivity contribution >= 4 is 17.6 Å². The number of ether oxygens (including phenoxy) is 1. The minimum absolute atomic E-state index is 0.178. The van der Waals surface area contributed by atoms with E-state index in [4.69, 9.17) is 4.74 Å². The van der Waals surface area contributed by atoms with Crippen molar-refractivity contribution in [2.24, 2.45) is 0 Å². The van der Waals surface area contributed by atoms with Gasteiger partial charge in [0, 0.05) is 28.7 Å². The molecule has 2 N–H and O–H groups in total. The summed E-state index contributed by atoms with van der Waals surface area (Å²) < 4.78 is 5.31. The Kier molecular flexibility index (Phi) is 7.11. The van der Waals surface area contributed by atoms with Crippen molar-refractivity contribution in [3.05, 3.63) is 101 Å². The number of pyridine rings is 1. The summed E-state index contributed by atoms with van der Waals surface area (Å²) in [5, 5.41) is 2.82. The van der Waals surface area contributed by atoms with Gasteiger partial charge in [-0.15, -0.1) is 0 Å². The van der Waals surface area contributed by atoms with Gasteiger partial charge in [0.15, 0.2) is 11.9 Å². The smallest absolute Gasteiger partial charge is 0.311 e. The number of nitrogens with one attached hydrogen (secondary N) is 2. The van der Waals surface area contributed by atoms with Crippen LogP contribution in [0.4, 0.5) is 5.69 Å². The van der Waals surface area contributed by atoms with Gasteiger partial charge < -0.3 is 15.0 Å². The predicted octanol–water partition coefficient (Wildman–Crippen LogP) is 3.92. The van der Waals surface area contributed by atoms with Crippen molar-refractivity contribution < 1.29 is 14.3 Å². The predicted molar refractivity (Wildman–Crippen MR) is 133 cm³/mol. The standard InChI is InChI=1S/C27H24N4O4/c1-17-21(27(34)31-25(29-17)23-14-8-9-15-28-23)16-24(32)35-18(2)26(33)30-22-13-7-6-12-20(22)19-10-4-3-5-11-19/h3-15,18H,16H2,1-2H3,(H,30,33)(H,29,31,34)/t18-/m0/s1. The summed E-state index contributed by atoms with van der Waals surface area (Å²) in [6.07, 6.45) is 0.224. The van der Waals surface area contributed by atoms with Crippen molar-refractivity contribution in [2.45, 2.75) is 26.4 Å². The number of amides is 1. The number of aryl methyl sites for hydroxylation is 1. The van der Waals surface area contributed by atoms with Gasteiger partial charge in [-0.2, -0.15) is 0 Å². The zero-order valence-corrected chi connectivity index (χ0v) is 19.3. The Hall–Kier alpha value is -4.59. The van der Waals surface area contributed by atoms with E-state index >= 15 is 0 Å². The summed E-state index contributed by atoms with van der Waals surface area (Å²) in [5.41, 5.74) is 3.03. The highest BCUT2D eigenvalue weighted by Crippen LogP contribution is 2.27. The molecule has 0 saturated heterocycles. The highest BCUT2D eigenvalue weighted by atomic mass is 16.5. The van der Waals surface area contributed by atoms with E-state index in [0.29, 0.717) is 22.9 Å². The highest BCUT2D eigenvalue weighted by molar-refractivity contribution is 5.98. The van der Waals surface area contributed by atoms with E-state index in [0.717, 1.165) is 11.1 Å². The van der Waals surface area contributed by atoms with Gasteiger partial charge in [-0.3, -0.25) is 19.4 Å². The van der Waals surface area contributed by atoms with E-state index < -0.39 is 23.5 Å². The molecule has 0 spiro atoms. The molecule has 2 heterocycles. The van der Waals surface area contributed by atoms with Crippen LogP contribution in [0.2, 0.25) is 0 Å².